The zero-order valence-corrected chi connectivity index (χ0v) is 15.4. The molecule has 2 aromatic heterocycles. The molecule has 1 aromatic carbocycles. The summed E-state index contributed by atoms with van der Waals surface area (Å²) in [4.78, 5) is 24.7. The van der Waals surface area contributed by atoms with Crippen LogP contribution in [0.25, 0.3) is 5.69 Å². The topological polar surface area (TPSA) is 97.7 Å². The van der Waals surface area contributed by atoms with Gasteiger partial charge in [0.05, 0.1) is 17.1 Å². The standard InChI is InChI=1S/C18H21N5O3/c1-11-13(16(24)23(22(11)5)12-9-7-6-8-10-12)19-20-14-15(18(2,3)4)21-26-17(14)25/h6-10,21H,1-5H3. The molecule has 0 unspecified atom stereocenters. The van der Waals surface area contributed by atoms with Crippen LogP contribution in [0.3, 0.4) is 0 Å². The lowest BCUT2D eigenvalue weighted by Crippen LogP contribution is -2.19. The smallest absolute Gasteiger partial charge is 0.336 e. The molecule has 0 saturated carbocycles. The number of nitrogens with one attached hydrogen (secondary N) is 1. The quantitative estimate of drug-likeness (QED) is 0.728. The van der Waals surface area contributed by atoms with Gasteiger partial charge in [-0.3, -0.25) is 9.48 Å². The highest BCUT2D eigenvalue weighted by molar-refractivity contribution is 5.46. The summed E-state index contributed by atoms with van der Waals surface area (Å²) >= 11 is 0. The van der Waals surface area contributed by atoms with E-state index in [1.54, 1.807) is 18.7 Å². The minimum absolute atomic E-state index is 0.0754. The van der Waals surface area contributed by atoms with Crippen LogP contribution in [-0.2, 0) is 12.5 Å². The van der Waals surface area contributed by atoms with Crippen LogP contribution in [0, 0.1) is 6.92 Å². The van der Waals surface area contributed by atoms with E-state index in [1.165, 1.54) is 4.68 Å². The van der Waals surface area contributed by atoms with Gasteiger partial charge in [0.25, 0.3) is 5.56 Å². The van der Waals surface area contributed by atoms with Crippen LogP contribution in [0.5, 0.6) is 0 Å². The molecule has 0 bridgehead atoms. The van der Waals surface area contributed by atoms with Crippen molar-refractivity contribution in [2.24, 2.45) is 17.3 Å². The molecule has 0 atom stereocenters. The molecule has 0 fully saturated rings. The Kier molecular flexibility index (Phi) is 4.27. The van der Waals surface area contributed by atoms with Gasteiger partial charge in [-0.2, -0.15) is 0 Å². The van der Waals surface area contributed by atoms with E-state index in [0.717, 1.165) is 5.69 Å². The lowest BCUT2D eigenvalue weighted by Gasteiger charge is -2.14. The normalized spacial score (nSPS) is 12.2. The molecule has 136 valence electrons. The molecule has 26 heavy (non-hydrogen) atoms. The summed E-state index contributed by atoms with van der Waals surface area (Å²) in [7, 11) is 1.77. The number of aromatic amines is 1. The summed E-state index contributed by atoms with van der Waals surface area (Å²) < 4.78 is 8.06. The highest BCUT2D eigenvalue weighted by Crippen LogP contribution is 2.28. The van der Waals surface area contributed by atoms with E-state index in [4.69, 9.17) is 4.52 Å². The molecule has 2 heterocycles. The maximum atomic E-state index is 12.8. The minimum atomic E-state index is -0.615. The molecule has 3 aromatic rings. The molecule has 1 N–H and O–H groups in total. The van der Waals surface area contributed by atoms with Crippen molar-refractivity contribution in [2.75, 3.05) is 0 Å². The zero-order chi connectivity index (χ0) is 19.1. The largest absolute Gasteiger partial charge is 0.384 e. The first-order chi connectivity index (χ1) is 12.2. The molecule has 0 amide bonds. The fraction of sp³-hybridized carbons (Fsp3) is 0.333. The van der Waals surface area contributed by atoms with Gasteiger partial charge in [0.15, 0.2) is 11.4 Å². The monoisotopic (exact) mass is 355 g/mol. The van der Waals surface area contributed by atoms with Crippen LogP contribution in [0.4, 0.5) is 11.4 Å². The number of rotatable bonds is 3. The van der Waals surface area contributed by atoms with Gasteiger partial charge in [0.1, 0.15) is 0 Å². The molecular weight excluding hydrogens is 334 g/mol. The van der Waals surface area contributed by atoms with Crippen LogP contribution in [0.15, 0.2) is 54.7 Å². The van der Waals surface area contributed by atoms with E-state index in [0.29, 0.717) is 11.4 Å². The van der Waals surface area contributed by atoms with Gasteiger partial charge < -0.3 is 4.52 Å². The lowest BCUT2D eigenvalue weighted by molar-refractivity contribution is 0.370. The summed E-state index contributed by atoms with van der Waals surface area (Å²) in [5.41, 5.74) is 0.844. The number of hydrogen-bond acceptors (Lipinski definition) is 5. The first-order valence-corrected chi connectivity index (χ1v) is 8.19. The van der Waals surface area contributed by atoms with Gasteiger partial charge in [0, 0.05) is 12.5 Å². The lowest BCUT2D eigenvalue weighted by atomic mass is 9.91. The van der Waals surface area contributed by atoms with Crippen molar-refractivity contribution in [1.82, 2.24) is 14.5 Å². The Morgan fingerprint density at radius 1 is 1.04 bits per heavy atom. The molecule has 0 aliphatic rings. The summed E-state index contributed by atoms with van der Waals surface area (Å²) in [5.74, 6) is 0. The Morgan fingerprint density at radius 3 is 2.27 bits per heavy atom. The fourth-order valence-electron chi connectivity index (χ4n) is 2.66. The van der Waals surface area contributed by atoms with E-state index < -0.39 is 5.63 Å². The Bertz CT molecular complexity index is 1070. The molecular formula is C18H21N5O3. The van der Waals surface area contributed by atoms with Gasteiger partial charge in [-0.05, 0) is 19.1 Å². The van der Waals surface area contributed by atoms with E-state index in [2.05, 4.69) is 15.4 Å². The number of H-pyrrole nitrogens is 1. The average molecular weight is 355 g/mol. The van der Waals surface area contributed by atoms with Crippen molar-refractivity contribution >= 4 is 11.4 Å². The Labute approximate surface area is 149 Å². The van der Waals surface area contributed by atoms with Gasteiger partial charge in [-0.15, -0.1) is 10.2 Å². The highest BCUT2D eigenvalue weighted by Gasteiger charge is 2.24. The number of hydrogen-bond donors (Lipinski definition) is 1. The van der Waals surface area contributed by atoms with Crippen molar-refractivity contribution in [3.8, 4) is 5.69 Å². The number of benzene rings is 1. The molecule has 3 rings (SSSR count). The van der Waals surface area contributed by atoms with Crippen molar-refractivity contribution in [1.29, 1.82) is 0 Å². The van der Waals surface area contributed by atoms with Gasteiger partial charge in [-0.25, -0.2) is 14.6 Å². The van der Waals surface area contributed by atoms with Crippen molar-refractivity contribution in [3.63, 3.8) is 0 Å². The number of nitrogens with zero attached hydrogens (tertiary/aromatic N) is 4. The minimum Gasteiger partial charge on any atom is -0.336 e. The van der Waals surface area contributed by atoms with Gasteiger partial charge in [0.2, 0.25) is 0 Å². The zero-order valence-electron chi connectivity index (χ0n) is 15.4. The van der Waals surface area contributed by atoms with Crippen LogP contribution in [0.2, 0.25) is 0 Å². The summed E-state index contributed by atoms with van der Waals surface area (Å²) in [6.07, 6.45) is 0. The predicted octanol–water partition coefficient (Wildman–Crippen LogP) is 3.48. The third-order valence-corrected chi connectivity index (χ3v) is 4.20. The maximum absolute atomic E-state index is 12.8. The number of azo groups is 1. The summed E-state index contributed by atoms with van der Waals surface area (Å²) in [6, 6.07) is 9.25. The molecule has 8 nitrogen and oxygen atoms in total. The fourth-order valence-corrected chi connectivity index (χ4v) is 2.66. The number of para-hydroxylation sites is 1. The predicted molar refractivity (Wildman–Crippen MR) is 98.0 cm³/mol. The number of aromatic nitrogens is 3. The third kappa shape index (κ3) is 2.94. The van der Waals surface area contributed by atoms with Crippen LogP contribution >= 0.6 is 0 Å². The van der Waals surface area contributed by atoms with Crippen molar-refractivity contribution < 1.29 is 4.52 Å². The van der Waals surface area contributed by atoms with Gasteiger partial charge in [-0.1, -0.05) is 39.0 Å². The van der Waals surface area contributed by atoms with Crippen molar-refractivity contribution in [3.05, 3.63) is 62.5 Å². The van der Waals surface area contributed by atoms with Gasteiger partial charge >= 0.3 is 5.63 Å². The van der Waals surface area contributed by atoms with Crippen LogP contribution < -0.4 is 11.2 Å². The van der Waals surface area contributed by atoms with Crippen LogP contribution in [-0.4, -0.2) is 14.5 Å². The molecule has 0 aliphatic heterocycles. The van der Waals surface area contributed by atoms with E-state index in [9.17, 15) is 9.59 Å². The molecule has 0 aliphatic carbocycles. The average Bonchev–Trinajstić information content (AvgIpc) is 3.05. The van der Waals surface area contributed by atoms with E-state index >= 15 is 0 Å². The highest BCUT2D eigenvalue weighted by atomic mass is 16.5. The Hall–Kier alpha value is -3.16. The second-order valence-corrected chi connectivity index (χ2v) is 7.08. The second kappa shape index (κ2) is 6.29. The third-order valence-electron chi connectivity index (χ3n) is 4.20. The molecule has 0 saturated heterocycles. The van der Waals surface area contributed by atoms with E-state index in [1.807, 2.05) is 51.1 Å². The summed E-state index contributed by atoms with van der Waals surface area (Å²) in [6.45, 7) is 7.54. The maximum Gasteiger partial charge on any atom is 0.384 e. The van der Waals surface area contributed by atoms with Crippen LogP contribution in [0.1, 0.15) is 32.2 Å². The molecule has 0 radical (unpaired) electrons. The Morgan fingerprint density at radius 2 is 1.65 bits per heavy atom. The first kappa shape index (κ1) is 17.7. The van der Waals surface area contributed by atoms with E-state index in [-0.39, 0.29) is 22.3 Å². The molecule has 8 heteroatoms. The second-order valence-electron chi connectivity index (χ2n) is 7.08. The first-order valence-electron chi connectivity index (χ1n) is 8.19. The van der Waals surface area contributed by atoms with Crippen molar-refractivity contribution in [2.45, 2.75) is 33.1 Å². The SMILES string of the molecule is Cc1c(N=Nc2c(C(C)(C)C)[nH]oc2=O)c(=O)n(-c2ccccc2)n1C. The summed E-state index contributed by atoms with van der Waals surface area (Å²) in [5, 5.41) is 10.7. The Balaban J connectivity index is 2.11. The molecule has 0 spiro atoms.